The van der Waals surface area contributed by atoms with E-state index in [0.29, 0.717) is 48.4 Å². The topological polar surface area (TPSA) is 102 Å². The van der Waals surface area contributed by atoms with E-state index in [-0.39, 0.29) is 24.5 Å². The molecule has 0 spiro atoms. The summed E-state index contributed by atoms with van der Waals surface area (Å²) >= 11 is 0. The molecule has 1 saturated heterocycles. The first-order chi connectivity index (χ1) is 20.5. The summed E-state index contributed by atoms with van der Waals surface area (Å²) in [7, 11) is 0. The highest BCUT2D eigenvalue weighted by molar-refractivity contribution is 5.94. The zero-order valence-electron chi connectivity index (χ0n) is 26.5. The molecule has 8 atom stereocenters. The molecule has 2 aromatic rings. The summed E-state index contributed by atoms with van der Waals surface area (Å²) in [5.41, 5.74) is 3.89. The van der Waals surface area contributed by atoms with Crippen LogP contribution in [-0.2, 0) is 16.2 Å². The Balaban J connectivity index is 1.33. The highest BCUT2D eigenvalue weighted by atomic mass is 16.7. The van der Waals surface area contributed by atoms with Crippen molar-refractivity contribution in [2.45, 2.75) is 85.2 Å². The fourth-order valence-corrected chi connectivity index (χ4v) is 8.01. The maximum absolute atomic E-state index is 13.9. The standard InChI is InChI=1S/C35H49N3O5/c1-7-37(8-2)34(42)25-14-12-24(13-15-25)26-11-9-10-23(16-26)19-38-32(31(22(4)40)30(20-39)43-38)33(41)36-29-18-27-17-28(21(29)3)35(27,5)6/h9-16,21-22,27-32,39-40H,7-8,17-20H2,1-6H3,(H,36,41)/t21-,22-,27-,28+,29-,30-,31+,32-/m0/s1. The van der Waals surface area contributed by atoms with E-state index in [4.69, 9.17) is 4.84 Å². The molecular weight excluding hydrogens is 542 g/mol. The number of hydrogen-bond acceptors (Lipinski definition) is 6. The molecule has 1 aliphatic heterocycles. The van der Waals surface area contributed by atoms with Crippen molar-refractivity contribution in [2.24, 2.45) is 29.1 Å². The van der Waals surface area contributed by atoms with E-state index in [2.05, 4.69) is 32.2 Å². The van der Waals surface area contributed by atoms with Gasteiger partial charge in [-0.25, -0.2) is 0 Å². The normalized spacial score (nSPS) is 30.4. The Hall–Kier alpha value is -2.78. The first-order valence-electron chi connectivity index (χ1n) is 16.0. The zero-order valence-corrected chi connectivity index (χ0v) is 26.5. The van der Waals surface area contributed by atoms with E-state index in [1.807, 2.05) is 56.3 Å². The third kappa shape index (κ3) is 5.99. The smallest absolute Gasteiger partial charge is 0.253 e. The van der Waals surface area contributed by atoms with Crippen LogP contribution in [0.3, 0.4) is 0 Å². The summed E-state index contributed by atoms with van der Waals surface area (Å²) in [6.07, 6.45) is 0.686. The Kier molecular flexibility index (Phi) is 9.33. The van der Waals surface area contributed by atoms with Gasteiger partial charge in [-0.15, -0.1) is 0 Å². The Labute approximate surface area is 256 Å². The average molecular weight is 592 g/mol. The number of amides is 2. The second kappa shape index (κ2) is 12.7. The van der Waals surface area contributed by atoms with Crippen LogP contribution in [0.2, 0.25) is 0 Å². The van der Waals surface area contributed by atoms with Gasteiger partial charge in [-0.2, -0.15) is 5.06 Å². The predicted molar refractivity (Wildman–Crippen MR) is 167 cm³/mol. The summed E-state index contributed by atoms with van der Waals surface area (Å²) in [6, 6.07) is 15.0. The third-order valence-electron chi connectivity index (χ3n) is 10.8. The van der Waals surface area contributed by atoms with Crippen molar-refractivity contribution in [1.29, 1.82) is 0 Å². The number of nitrogens with zero attached hydrogens (tertiary/aromatic N) is 2. The van der Waals surface area contributed by atoms with Gasteiger partial charge in [-0.1, -0.05) is 51.1 Å². The van der Waals surface area contributed by atoms with Crippen molar-refractivity contribution in [3.8, 4) is 11.1 Å². The number of carbonyl (C=O) groups is 2. The van der Waals surface area contributed by atoms with Crippen LogP contribution in [0.25, 0.3) is 11.1 Å². The van der Waals surface area contributed by atoms with Gasteiger partial charge in [0, 0.05) is 30.6 Å². The minimum absolute atomic E-state index is 0.0234. The van der Waals surface area contributed by atoms with Crippen LogP contribution < -0.4 is 5.32 Å². The van der Waals surface area contributed by atoms with Crippen molar-refractivity contribution < 1.29 is 24.6 Å². The summed E-state index contributed by atoms with van der Waals surface area (Å²) in [5.74, 6) is 0.896. The molecule has 3 aliphatic carbocycles. The van der Waals surface area contributed by atoms with Gasteiger partial charge >= 0.3 is 0 Å². The summed E-state index contributed by atoms with van der Waals surface area (Å²) in [6.45, 7) is 13.9. The van der Waals surface area contributed by atoms with Crippen LogP contribution in [-0.4, -0.2) is 76.0 Å². The number of hydrogen-bond donors (Lipinski definition) is 3. The molecule has 4 fully saturated rings. The second-order valence-corrected chi connectivity index (χ2v) is 13.5. The van der Waals surface area contributed by atoms with Crippen molar-refractivity contribution in [3.63, 3.8) is 0 Å². The van der Waals surface area contributed by atoms with Crippen molar-refractivity contribution in [3.05, 3.63) is 59.7 Å². The van der Waals surface area contributed by atoms with Gasteiger partial charge in [0.1, 0.15) is 12.1 Å². The van der Waals surface area contributed by atoms with Crippen LogP contribution in [0.1, 0.15) is 70.3 Å². The highest BCUT2D eigenvalue weighted by Crippen LogP contribution is 2.61. The van der Waals surface area contributed by atoms with E-state index in [0.717, 1.165) is 23.1 Å². The molecule has 3 N–H and O–H groups in total. The number of aliphatic hydroxyl groups is 2. The fraction of sp³-hybridized carbons (Fsp3) is 0.600. The first kappa shape index (κ1) is 31.6. The van der Waals surface area contributed by atoms with E-state index in [1.165, 1.54) is 6.42 Å². The molecule has 234 valence electrons. The molecule has 2 aromatic carbocycles. The van der Waals surface area contributed by atoms with Crippen molar-refractivity contribution >= 4 is 11.8 Å². The molecule has 8 nitrogen and oxygen atoms in total. The van der Waals surface area contributed by atoms with Crippen LogP contribution in [0.4, 0.5) is 0 Å². The Morgan fingerprint density at radius 1 is 1.09 bits per heavy atom. The van der Waals surface area contributed by atoms with E-state index in [1.54, 1.807) is 16.9 Å². The minimum atomic E-state index is -0.835. The lowest BCUT2D eigenvalue weighted by atomic mass is 9.45. The van der Waals surface area contributed by atoms with Gasteiger partial charge in [0.2, 0.25) is 5.91 Å². The van der Waals surface area contributed by atoms with Gasteiger partial charge in [-0.05, 0) is 91.7 Å². The lowest BCUT2D eigenvalue weighted by Crippen LogP contribution is -2.62. The zero-order chi connectivity index (χ0) is 31.1. The number of rotatable bonds is 10. The molecule has 4 aliphatic rings. The molecule has 2 bridgehead atoms. The van der Waals surface area contributed by atoms with Gasteiger partial charge in [0.25, 0.3) is 5.91 Å². The number of nitrogens with one attached hydrogen (secondary N) is 1. The van der Waals surface area contributed by atoms with Gasteiger partial charge in [-0.3, -0.25) is 14.4 Å². The Morgan fingerprint density at radius 3 is 2.37 bits per heavy atom. The quantitative estimate of drug-likeness (QED) is 0.376. The summed E-state index contributed by atoms with van der Waals surface area (Å²) < 4.78 is 0. The van der Waals surface area contributed by atoms with Gasteiger partial charge in [0.15, 0.2) is 0 Å². The highest BCUT2D eigenvalue weighted by Gasteiger charge is 2.57. The molecule has 3 saturated carbocycles. The first-order valence-corrected chi connectivity index (χ1v) is 16.0. The molecule has 1 heterocycles. The fourth-order valence-electron chi connectivity index (χ4n) is 8.01. The number of carbonyl (C=O) groups excluding carboxylic acids is 2. The minimum Gasteiger partial charge on any atom is -0.394 e. The molecule has 2 amide bonds. The summed E-state index contributed by atoms with van der Waals surface area (Å²) in [5, 5.41) is 25.8. The van der Waals surface area contributed by atoms with E-state index < -0.39 is 24.2 Å². The largest absolute Gasteiger partial charge is 0.394 e. The molecule has 8 heteroatoms. The van der Waals surface area contributed by atoms with Crippen LogP contribution in [0.5, 0.6) is 0 Å². The van der Waals surface area contributed by atoms with Crippen LogP contribution in [0, 0.1) is 29.1 Å². The average Bonchev–Trinajstić information content (AvgIpc) is 3.37. The SMILES string of the molecule is CCN(CC)C(=O)c1ccc(-c2cccc(CN3O[C@@H](CO)[C@@H]([C@H](C)O)[C@H]3C(=O)N[C@H]3C[C@@H]4C[C@H]([C@@H]3C)C4(C)C)c2)cc1. The van der Waals surface area contributed by atoms with Crippen molar-refractivity contribution in [1.82, 2.24) is 15.3 Å². The number of benzene rings is 2. The van der Waals surface area contributed by atoms with E-state index in [9.17, 15) is 19.8 Å². The predicted octanol–water partition coefficient (Wildman–Crippen LogP) is 4.50. The van der Waals surface area contributed by atoms with Crippen LogP contribution in [0.15, 0.2) is 48.5 Å². The molecule has 0 unspecified atom stereocenters. The molecular formula is C35H49N3O5. The Bertz CT molecular complexity index is 1290. The maximum atomic E-state index is 13.9. The lowest BCUT2D eigenvalue weighted by molar-refractivity contribution is -0.183. The Morgan fingerprint density at radius 2 is 1.79 bits per heavy atom. The third-order valence-corrected chi connectivity index (χ3v) is 10.8. The number of aliphatic hydroxyl groups excluding tert-OH is 2. The summed E-state index contributed by atoms with van der Waals surface area (Å²) in [4.78, 5) is 34.6. The molecule has 43 heavy (non-hydrogen) atoms. The van der Waals surface area contributed by atoms with E-state index >= 15 is 0 Å². The monoisotopic (exact) mass is 591 g/mol. The van der Waals surface area contributed by atoms with Gasteiger partial charge < -0.3 is 20.4 Å². The van der Waals surface area contributed by atoms with Gasteiger partial charge in [0.05, 0.1) is 19.3 Å². The molecule has 6 rings (SSSR count). The maximum Gasteiger partial charge on any atom is 0.253 e. The molecule has 0 aromatic heterocycles. The second-order valence-electron chi connectivity index (χ2n) is 13.5. The molecule has 0 radical (unpaired) electrons. The lowest BCUT2D eigenvalue weighted by Gasteiger charge is -2.62. The number of fused-ring (bicyclic) bond motifs is 2. The van der Waals surface area contributed by atoms with Crippen LogP contribution >= 0.6 is 0 Å². The number of hydroxylamine groups is 2. The van der Waals surface area contributed by atoms with Crippen molar-refractivity contribution in [2.75, 3.05) is 19.7 Å².